The maximum Gasteiger partial charge on any atom is 0.247 e. The predicted octanol–water partition coefficient (Wildman–Crippen LogP) is 0.570. The SMILES string of the molecule is CC(C)C(=CO)C(N)=O. The molecular weight excluding hydrogens is 118 g/mol. The highest BCUT2D eigenvalue weighted by Crippen LogP contribution is 2.06. The van der Waals surface area contributed by atoms with Gasteiger partial charge in [0.05, 0.1) is 11.8 Å². The highest BCUT2D eigenvalue weighted by atomic mass is 16.2. The van der Waals surface area contributed by atoms with Gasteiger partial charge in [0, 0.05) is 0 Å². The Bertz CT molecular complexity index is 138. The molecule has 0 bridgehead atoms. The number of hydrogen-bond donors (Lipinski definition) is 2. The van der Waals surface area contributed by atoms with Gasteiger partial charge in [-0.05, 0) is 5.92 Å². The highest BCUT2D eigenvalue weighted by molar-refractivity contribution is 5.91. The van der Waals surface area contributed by atoms with Crippen LogP contribution < -0.4 is 5.73 Å². The molecule has 52 valence electrons. The van der Waals surface area contributed by atoms with Crippen molar-refractivity contribution in [3.05, 3.63) is 11.8 Å². The number of rotatable bonds is 2. The van der Waals surface area contributed by atoms with Crippen LogP contribution >= 0.6 is 0 Å². The summed E-state index contributed by atoms with van der Waals surface area (Å²) < 4.78 is 0. The lowest BCUT2D eigenvalue weighted by atomic mass is 10.1. The van der Waals surface area contributed by atoms with Crippen LogP contribution in [-0.2, 0) is 4.79 Å². The average Bonchev–Trinajstić information content (AvgIpc) is 1.64. The molecule has 3 N–H and O–H groups in total. The van der Waals surface area contributed by atoms with E-state index in [1.54, 1.807) is 13.8 Å². The second-order valence-electron chi connectivity index (χ2n) is 2.10. The molecule has 0 atom stereocenters. The monoisotopic (exact) mass is 129 g/mol. The van der Waals surface area contributed by atoms with Gasteiger partial charge in [0.25, 0.3) is 0 Å². The second-order valence-corrected chi connectivity index (χ2v) is 2.10. The van der Waals surface area contributed by atoms with Gasteiger partial charge in [-0.1, -0.05) is 13.8 Å². The molecule has 0 aromatic heterocycles. The van der Waals surface area contributed by atoms with Gasteiger partial charge in [0.1, 0.15) is 0 Å². The second kappa shape index (κ2) is 3.12. The molecule has 0 unspecified atom stereocenters. The summed E-state index contributed by atoms with van der Waals surface area (Å²) in [6.45, 7) is 3.57. The normalized spacial score (nSPS) is 12.1. The molecule has 0 spiro atoms. The molecule has 0 radical (unpaired) electrons. The van der Waals surface area contributed by atoms with Gasteiger partial charge >= 0.3 is 0 Å². The van der Waals surface area contributed by atoms with Crippen molar-refractivity contribution in [2.45, 2.75) is 13.8 Å². The molecule has 3 heteroatoms. The van der Waals surface area contributed by atoms with E-state index in [4.69, 9.17) is 10.8 Å². The first-order valence-electron chi connectivity index (χ1n) is 2.73. The zero-order valence-electron chi connectivity index (χ0n) is 5.59. The first-order valence-corrected chi connectivity index (χ1v) is 2.73. The van der Waals surface area contributed by atoms with Crippen LogP contribution in [0.25, 0.3) is 0 Å². The molecule has 0 aliphatic carbocycles. The summed E-state index contributed by atoms with van der Waals surface area (Å²) in [4.78, 5) is 10.4. The van der Waals surface area contributed by atoms with Gasteiger partial charge in [0.2, 0.25) is 5.91 Å². The summed E-state index contributed by atoms with van der Waals surface area (Å²) in [7, 11) is 0. The smallest absolute Gasteiger partial charge is 0.247 e. The van der Waals surface area contributed by atoms with Crippen molar-refractivity contribution in [2.75, 3.05) is 0 Å². The predicted molar refractivity (Wildman–Crippen MR) is 34.7 cm³/mol. The lowest BCUT2D eigenvalue weighted by Crippen LogP contribution is -2.17. The summed E-state index contributed by atoms with van der Waals surface area (Å²) in [6.07, 6.45) is 0.757. The van der Waals surface area contributed by atoms with Gasteiger partial charge in [-0.15, -0.1) is 0 Å². The van der Waals surface area contributed by atoms with Gasteiger partial charge in [-0.3, -0.25) is 4.79 Å². The van der Waals surface area contributed by atoms with Crippen LogP contribution in [0.1, 0.15) is 13.8 Å². The van der Waals surface area contributed by atoms with Crippen molar-refractivity contribution in [1.82, 2.24) is 0 Å². The molecule has 0 fully saturated rings. The molecular formula is C6H11NO2. The van der Waals surface area contributed by atoms with Crippen LogP contribution in [0.3, 0.4) is 0 Å². The topological polar surface area (TPSA) is 63.3 Å². The van der Waals surface area contributed by atoms with Crippen molar-refractivity contribution in [1.29, 1.82) is 0 Å². The highest BCUT2D eigenvalue weighted by Gasteiger charge is 2.08. The molecule has 9 heavy (non-hydrogen) atoms. The number of carbonyl (C=O) groups is 1. The molecule has 0 rings (SSSR count). The number of aliphatic hydroxyl groups is 1. The van der Waals surface area contributed by atoms with Gasteiger partial charge in [-0.25, -0.2) is 0 Å². The lowest BCUT2D eigenvalue weighted by Gasteiger charge is -2.02. The summed E-state index contributed by atoms with van der Waals surface area (Å²) in [5.74, 6) is -0.569. The van der Waals surface area contributed by atoms with Crippen LogP contribution in [-0.4, -0.2) is 11.0 Å². The lowest BCUT2D eigenvalue weighted by molar-refractivity contribution is -0.115. The fourth-order valence-corrected chi connectivity index (χ4v) is 0.497. The van der Waals surface area contributed by atoms with E-state index in [0.29, 0.717) is 0 Å². The fraction of sp³-hybridized carbons (Fsp3) is 0.500. The minimum Gasteiger partial charge on any atom is -0.515 e. The van der Waals surface area contributed by atoms with E-state index >= 15 is 0 Å². The largest absolute Gasteiger partial charge is 0.515 e. The number of primary amides is 1. The Kier molecular flexibility index (Phi) is 2.78. The van der Waals surface area contributed by atoms with E-state index in [0.717, 1.165) is 6.26 Å². The summed E-state index contributed by atoms with van der Waals surface area (Å²) >= 11 is 0. The van der Waals surface area contributed by atoms with E-state index in [1.807, 2.05) is 0 Å². The molecule has 0 aromatic carbocycles. The van der Waals surface area contributed by atoms with Crippen molar-refractivity contribution in [3.8, 4) is 0 Å². The molecule has 0 saturated heterocycles. The van der Waals surface area contributed by atoms with Gasteiger partial charge in [-0.2, -0.15) is 0 Å². The molecule has 0 aromatic rings. The quantitative estimate of drug-likeness (QED) is 0.423. The molecule has 0 heterocycles. The van der Waals surface area contributed by atoms with Gasteiger partial charge in [0.15, 0.2) is 0 Å². The number of amides is 1. The zero-order valence-corrected chi connectivity index (χ0v) is 5.59. The first-order chi connectivity index (χ1) is 4.09. The van der Waals surface area contributed by atoms with E-state index in [-0.39, 0.29) is 11.5 Å². The molecule has 0 aliphatic heterocycles. The Morgan fingerprint density at radius 3 is 2.11 bits per heavy atom. The third-order valence-corrected chi connectivity index (χ3v) is 1.05. The molecule has 3 nitrogen and oxygen atoms in total. The Balaban J connectivity index is 4.19. The van der Waals surface area contributed by atoms with E-state index in [9.17, 15) is 4.79 Å². The minimum atomic E-state index is -0.562. The van der Waals surface area contributed by atoms with Crippen molar-refractivity contribution < 1.29 is 9.90 Å². The van der Waals surface area contributed by atoms with Gasteiger partial charge < -0.3 is 10.8 Å². The summed E-state index contributed by atoms with van der Waals surface area (Å²) in [5, 5.41) is 8.40. The van der Waals surface area contributed by atoms with Crippen LogP contribution in [0.15, 0.2) is 11.8 Å². The first kappa shape index (κ1) is 8.01. The van der Waals surface area contributed by atoms with E-state index in [1.165, 1.54) is 0 Å². The minimum absolute atomic E-state index is 0.00694. The third-order valence-electron chi connectivity index (χ3n) is 1.05. The molecule has 1 amide bonds. The maximum atomic E-state index is 10.4. The fourth-order valence-electron chi connectivity index (χ4n) is 0.497. The average molecular weight is 129 g/mol. The Labute approximate surface area is 54.2 Å². The standard InChI is InChI=1S/C6H11NO2/c1-4(2)5(3-8)6(7)9/h3-4,8H,1-2H3,(H2,7,9). The van der Waals surface area contributed by atoms with Crippen LogP contribution in [0.5, 0.6) is 0 Å². The Hall–Kier alpha value is -0.990. The van der Waals surface area contributed by atoms with Crippen molar-refractivity contribution in [3.63, 3.8) is 0 Å². The number of carbonyl (C=O) groups excluding carboxylic acids is 1. The van der Waals surface area contributed by atoms with Crippen LogP contribution in [0.4, 0.5) is 0 Å². The molecule has 0 saturated carbocycles. The number of aliphatic hydroxyl groups excluding tert-OH is 1. The van der Waals surface area contributed by atoms with Crippen LogP contribution in [0, 0.1) is 5.92 Å². The zero-order chi connectivity index (χ0) is 7.44. The number of hydrogen-bond acceptors (Lipinski definition) is 2. The van der Waals surface area contributed by atoms with E-state index < -0.39 is 5.91 Å². The Morgan fingerprint density at radius 2 is 2.11 bits per heavy atom. The van der Waals surface area contributed by atoms with Crippen LogP contribution in [0.2, 0.25) is 0 Å². The summed E-state index contributed by atoms with van der Waals surface area (Å²) in [5.41, 5.74) is 5.14. The number of nitrogens with two attached hydrogens (primary N) is 1. The Morgan fingerprint density at radius 1 is 1.67 bits per heavy atom. The van der Waals surface area contributed by atoms with E-state index in [2.05, 4.69) is 0 Å². The maximum absolute atomic E-state index is 10.4. The summed E-state index contributed by atoms with van der Waals surface area (Å²) in [6, 6.07) is 0. The van der Waals surface area contributed by atoms with Crippen molar-refractivity contribution in [2.24, 2.45) is 11.7 Å². The van der Waals surface area contributed by atoms with Crippen molar-refractivity contribution >= 4 is 5.91 Å². The third kappa shape index (κ3) is 2.17. The molecule has 0 aliphatic rings.